The number of amides is 2. The number of benzene rings is 2. The number of hydrogen-bond donors (Lipinski definition) is 1. The normalized spacial score (nSPS) is 14.5. The minimum atomic E-state index is -0.127. The van der Waals surface area contributed by atoms with Crippen molar-refractivity contribution in [3.63, 3.8) is 0 Å². The first-order chi connectivity index (χ1) is 15.2. The molecule has 0 atom stereocenters. The third-order valence-corrected chi connectivity index (χ3v) is 6.20. The Morgan fingerprint density at radius 3 is 2.90 bits per heavy atom. The molecule has 2 amide bonds. The van der Waals surface area contributed by atoms with E-state index in [1.54, 1.807) is 23.3 Å². The number of fused-ring (bicyclic) bond motifs is 1. The highest BCUT2D eigenvalue weighted by Crippen LogP contribution is 2.22. The van der Waals surface area contributed by atoms with E-state index < -0.39 is 0 Å². The molecule has 8 heteroatoms. The second-order valence-corrected chi connectivity index (χ2v) is 8.66. The van der Waals surface area contributed by atoms with Crippen molar-refractivity contribution in [3.05, 3.63) is 59.1 Å². The number of aromatic nitrogens is 1. The molecule has 1 aliphatic heterocycles. The Bertz CT molecular complexity index is 970. The molecular weight excluding hydrogens is 412 g/mol. The minimum absolute atomic E-state index is 0.127. The second kappa shape index (κ2) is 10.6. The molecule has 0 spiro atoms. The zero-order chi connectivity index (χ0) is 21.5. The second-order valence-electron chi connectivity index (χ2n) is 7.54. The van der Waals surface area contributed by atoms with Crippen LogP contribution in [0.15, 0.2) is 48.5 Å². The summed E-state index contributed by atoms with van der Waals surface area (Å²) < 4.78 is 12.4. The van der Waals surface area contributed by atoms with Crippen molar-refractivity contribution in [1.82, 2.24) is 20.1 Å². The molecule has 1 N–H and O–H groups in total. The van der Waals surface area contributed by atoms with E-state index in [1.165, 1.54) is 0 Å². The molecule has 1 saturated heterocycles. The topological polar surface area (TPSA) is 66.9 Å². The Morgan fingerprint density at radius 1 is 1.23 bits per heavy atom. The summed E-state index contributed by atoms with van der Waals surface area (Å²) in [5, 5.41) is 3.90. The number of rotatable bonds is 8. The van der Waals surface area contributed by atoms with Crippen LogP contribution >= 0.6 is 11.3 Å². The summed E-state index contributed by atoms with van der Waals surface area (Å²) in [6, 6.07) is 15.8. The molecule has 1 aromatic heterocycles. The summed E-state index contributed by atoms with van der Waals surface area (Å²) in [5.41, 5.74) is 1.98. The van der Waals surface area contributed by atoms with E-state index in [0.717, 1.165) is 59.4 Å². The fourth-order valence-electron chi connectivity index (χ4n) is 3.44. The fourth-order valence-corrected chi connectivity index (χ4v) is 4.46. The van der Waals surface area contributed by atoms with Gasteiger partial charge in [0.2, 0.25) is 0 Å². The lowest BCUT2D eigenvalue weighted by atomic mass is 10.2. The smallest absolute Gasteiger partial charge is 0.317 e. The van der Waals surface area contributed by atoms with Crippen molar-refractivity contribution in [2.24, 2.45) is 0 Å². The average Bonchev–Trinajstić information content (AvgIpc) is 3.21. The predicted molar refractivity (Wildman–Crippen MR) is 123 cm³/mol. The predicted octanol–water partition coefficient (Wildman–Crippen LogP) is 3.35. The first-order valence-electron chi connectivity index (χ1n) is 10.5. The van der Waals surface area contributed by atoms with Gasteiger partial charge in [-0.15, -0.1) is 11.3 Å². The van der Waals surface area contributed by atoms with Crippen LogP contribution in [0.4, 0.5) is 4.79 Å². The molecule has 2 heterocycles. The monoisotopic (exact) mass is 440 g/mol. The van der Waals surface area contributed by atoms with Crippen LogP contribution in [-0.2, 0) is 17.8 Å². The Hall–Kier alpha value is -2.68. The Balaban J connectivity index is 1.23. The molecule has 3 aromatic rings. The maximum absolute atomic E-state index is 12.5. The number of carbonyl (C=O) groups excluding carboxylic acids is 1. The fraction of sp³-hybridized carbons (Fsp3) is 0.391. The van der Waals surface area contributed by atoms with Crippen LogP contribution in [0, 0.1) is 0 Å². The molecule has 0 radical (unpaired) electrons. The number of morpholine rings is 1. The van der Waals surface area contributed by atoms with E-state index in [4.69, 9.17) is 9.47 Å². The Morgan fingerprint density at radius 2 is 2.06 bits per heavy atom. The van der Waals surface area contributed by atoms with Crippen molar-refractivity contribution in [3.8, 4) is 5.75 Å². The van der Waals surface area contributed by atoms with Gasteiger partial charge in [0.05, 0.1) is 30.0 Å². The molecular formula is C23H28N4O3S. The number of nitrogens with one attached hydrogen (secondary N) is 1. The van der Waals surface area contributed by atoms with Crippen molar-refractivity contribution in [2.75, 3.05) is 46.5 Å². The number of thiazole rings is 1. The number of ether oxygens (including phenoxy) is 2. The summed E-state index contributed by atoms with van der Waals surface area (Å²) in [7, 11) is 1.78. The largest absolute Gasteiger partial charge is 0.492 e. The van der Waals surface area contributed by atoms with Crippen LogP contribution in [0.1, 0.15) is 10.6 Å². The summed E-state index contributed by atoms with van der Waals surface area (Å²) in [5.74, 6) is 0.822. The molecule has 0 unspecified atom stereocenters. The summed E-state index contributed by atoms with van der Waals surface area (Å²) >= 11 is 1.62. The molecule has 31 heavy (non-hydrogen) atoms. The first-order valence-corrected chi connectivity index (χ1v) is 11.3. The number of nitrogens with zero attached hydrogens (tertiary/aromatic N) is 3. The SMILES string of the molecule is CN(Cc1nc2ccccc2s1)C(=O)NCc1cccc(OCCN2CCOCC2)c1. The molecule has 1 aliphatic rings. The molecule has 7 nitrogen and oxygen atoms in total. The lowest BCUT2D eigenvalue weighted by Gasteiger charge is -2.26. The Kier molecular flexibility index (Phi) is 7.35. The average molecular weight is 441 g/mol. The van der Waals surface area contributed by atoms with Crippen molar-refractivity contribution in [2.45, 2.75) is 13.1 Å². The minimum Gasteiger partial charge on any atom is -0.492 e. The van der Waals surface area contributed by atoms with Gasteiger partial charge >= 0.3 is 6.03 Å². The van der Waals surface area contributed by atoms with E-state index in [1.807, 2.05) is 48.5 Å². The van der Waals surface area contributed by atoms with E-state index in [9.17, 15) is 4.79 Å². The summed E-state index contributed by atoms with van der Waals surface area (Å²) in [6.45, 7) is 5.96. The van der Waals surface area contributed by atoms with Crippen LogP contribution in [0.5, 0.6) is 5.75 Å². The van der Waals surface area contributed by atoms with E-state index in [-0.39, 0.29) is 6.03 Å². The first kappa shape index (κ1) is 21.5. The van der Waals surface area contributed by atoms with Crippen LogP contribution in [0.25, 0.3) is 10.2 Å². The maximum atomic E-state index is 12.5. The van der Waals surface area contributed by atoms with Crippen molar-refractivity contribution >= 4 is 27.6 Å². The van der Waals surface area contributed by atoms with E-state index in [0.29, 0.717) is 19.7 Å². The van der Waals surface area contributed by atoms with Crippen LogP contribution in [0.2, 0.25) is 0 Å². The summed E-state index contributed by atoms with van der Waals surface area (Å²) in [6.07, 6.45) is 0. The van der Waals surface area contributed by atoms with Gasteiger partial charge < -0.3 is 19.7 Å². The van der Waals surface area contributed by atoms with E-state index in [2.05, 4.69) is 15.2 Å². The third-order valence-electron chi connectivity index (χ3n) is 5.18. The van der Waals surface area contributed by atoms with Gasteiger partial charge in [-0.25, -0.2) is 9.78 Å². The molecule has 0 aliphatic carbocycles. The van der Waals surface area contributed by atoms with Gasteiger partial charge in [0.1, 0.15) is 17.4 Å². The number of hydrogen-bond acceptors (Lipinski definition) is 6. The van der Waals surface area contributed by atoms with E-state index >= 15 is 0 Å². The van der Waals surface area contributed by atoms with Gasteiger partial charge in [-0.2, -0.15) is 0 Å². The maximum Gasteiger partial charge on any atom is 0.317 e. The quantitative estimate of drug-likeness (QED) is 0.582. The molecule has 164 valence electrons. The van der Waals surface area contributed by atoms with Crippen LogP contribution in [-0.4, -0.2) is 67.3 Å². The van der Waals surface area contributed by atoms with Gasteiger partial charge in [0, 0.05) is 33.2 Å². The highest BCUT2D eigenvalue weighted by molar-refractivity contribution is 7.18. The zero-order valence-electron chi connectivity index (χ0n) is 17.8. The van der Waals surface area contributed by atoms with Crippen molar-refractivity contribution < 1.29 is 14.3 Å². The summed E-state index contributed by atoms with van der Waals surface area (Å²) in [4.78, 5) is 21.1. The zero-order valence-corrected chi connectivity index (χ0v) is 18.6. The molecule has 1 fully saturated rings. The van der Waals surface area contributed by atoms with Crippen LogP contribution in [0.3, 0.4) is 0 Å². The molecule has 0 saturated carbocycles. The lowest BCUT2D eigenvalue weighted by Crippen LogP contribution is -2.38. The standard InChI is InChI=1S/C23H28N4O3S/c1-26(17-22-25-20-7-2-3-8-21(20)31-22)23(28)24-16-18-5-4-6-19(15-18)30-14-11-27-9-12-29-13-10-27/h2-8,15H,9-14,16-17H2,1H3,(H,24,28). The van der Waals surface area contributed by atoms with Gasteiger partial charge in [0.15, 0.2) is 0 Å². The third kappa shape index (κ3) is 6.16. The van der Waals surface area contributed by atoms with Gasteiger partial charge in [-0.05, 0) is 29.8 Å². The van der Waals surface area contributed by atoms with Gasteiger partial charge in [-0.3, -0.25) is 4.90 Å². The van der Waals surface area contributed by atoms with Crippen molar-refractivity contribution in [1.29, 1.82) is 0 Å². The highest BCUT2D eigenvalue weighted by atomic mass is 32.1. The molecule has 0 bridgehead atoms. The Labute approximate surface area is 186 Å². The molecule has 2 aromatic carbocycles. The number of para-hydroxylation sites is 1. The number of urea groups is 1. The van der Waals surface area contributed by atoms with Crippen LogP contribution < -0.4 is 10.1 Å². The number of carbonyl (C=O) groups is 1. The molecule has 4 rings (SSSR count). The lowest BCUT2D eigenvalue weighted by molar-refractivity contribution is 0.0322. The van der Waals surface area contributed by atoms with Gasteiger partial charge in [-0.1, -0.05) is 24.3 Å². The van der Waals surface area contributed by atoms with Gasteiger partial charge in [0.25, 0.3) is 0 Å². The highest BCUT2D eigenvalue weighted by Gasteiger charge is 2.12.